The molecule has 0 radical (unpaired) electrons. The summed E-state index contributed by atoms with van der Waals surface area (Å²) in [6.07, 6.45) is -4.10. The van der Waals surface area contributed by atoms with Crippen LogP contribution in [-0.2, 0) is 42.4 Å². The minimum atomic E-state index is -4.93. The molecule has 6 aromatic rings. The molecule has 4 aromatic carbocycles. The quantitative estimate of drug-likeness (QED) is 0.00603. The zero-order valence-corrected chi connectivity index (χ0v) is 75.9. The lowest BCUT2D eigenvalue weighted by Gasteiger charge is -2.24. The van der Waals surface area contributed by atoms with E-state index in [0.29, 0.717) is 133 Å². The first-order valence-electron chi connectivity index (χ1n) is 40.4. The maximum Gasteiger partial charge on any atom is 0.416 e. The third-order valence-corrected chi connectivity index (χ3v) is 22.1. The number of hydrogen-bond donors (Lipinski definition) is 22. The van der Waals surface area contributed by atoms with Gasteiger partial charge in [0.1, 0.15) is 35.4 Å². The Hall–Kier alpha value is -12.7. The normalized spacial score (nSPS) is 11.2. The third-order valence-electron chi connectivity index (χ3n) is 17.5. The minimum Gasteiger partial charge on any atom is -0.370 e. The van der Waals surface area contributed by atoms with Gasteiger partial charge in [-0.1, -0.05) is 41.5 Å². The molecule has 40 nitrogen and oxygen atoms in total. The van der Waals surface area contributed by atoms with Crippen LogP contribution in [0.4, 0.5) is 71.8 Å². The van der Waals surface area contributed by atoms with Gasteiger partial charge in [-0.2, -0.15) is 26.3 Å². The Kier molecular flexibility index (Phi) is 43.7. The molecule has 130 heavy (non-hydrogen) atoms. The summed E-state index contributed by atoms with van der Waals surface area (Å²) in [6.45, 7) is 13.9. The van der Waals surface area contributed by atoms with Gasteiger partial charge in [0.25, 0.3) is 23.6 Å². The number of rotatable bonds is 46. The Bertz CT molecular complexity index is 4800. The number of thioether (sulfide) groups is 4. The van der Waals surface area contributed by atoms with Gasteiger partial charge < -0.3 is 123 Å². The zero-order valence-electron chi connectivity index (χ0n) is 72.6. The number of nitrogens with one attached hydrogen (secondary N) is 8. The van der Waals surface area contributed by atoms with Crippen molar-refractivity contribution in [2.75, 3.05) is 118 Å². The molecule has 0 saturated heterocycles. The molecule has 0 unspecified atom stereocenters. The summed E-state index contributed by atoms with van der Waals surface area (Å²) in [5, 5.41) is 21.6. The van der Waals surface area contributed by atoms with Gasteiger partial charge in [0, 0.05) is 100 Å². The first kappa shape index (κ1) is 108. The number of nitrogens with zero attached hydrogens (tertiary/aromatic N) is 10. The number of anilines is 8. The smallest absolute Gasteiger partial charge is 0.370 e. The van der Waals surface area contributed by atoms with E-state index in [9.17, 15) is 64.7 Å². The van der Waals surface area contributed by atoms with Crippen LogP contribution in [0.15, 0.2) is 123 Å². The van der Waals surface area contributed by atoms with Crippen LogP contribution in [0.3, 0.4) is 0 Å². The fourth-order valence-corrected chi connectivity index (χ4v) is 14.8. The van der Waals surface area contributed by atoms with E-state index in [1.165, 1.54) is 29.6 Å². The van der Waals surface area contributed by atoms with Gasteiger partial charge in [-0.05, 0) is 122 Å². The lowest BCUT2D eigenvalue weighted by molar-refractivity contribution is -0.138. The SMILES string of the molecule is CC(C)(C)c1cc(NC(=O)CCCCN=C(N)N)c(SCCN=C(N)N)c(NC(=O)c2cc(C(=O)Nc3cc(C(C)(C)C)cc(NC(=O)CCCCN=C(N)N)c3SCCN=C(N)N)ncn2)c1.NCCSc1c(NC(=O)CCCCN=C(N)N)cc(C(F)(F)F)cc1NC(=O)c1cc(C(=O)Nc2cc(C(F)(F)F)cc(NC(=O)CCCCN=C(N)N)c2SCCN)ncn1. The standard InChI is InChI=1S/C44H68N18O4S2.C36H46F6N14O4S2/c1-43(2,3)25-19-27(59-33(63)11-7-9-13-53-39(45)46)35(67-17-15-55-41(49)50)29(21-25)61-37(65)31-23-32(58-24-57-31)38(66)62-30-22-26(44(4,5)6)20-28(36(30)68-18-16-56-42(51)52)60-34(64)12-8-10-14-54-40(47)48;37-35(38,39)19-13-21(53-27(57)5-1-3-9-49-33(45)46)29(61-11-7-43)23(15-19)55-31(59)25-17-26(52-18-51-25)32(60)56-24-16-20(36(40,41)42)14-22(30(24)62-12-8-44)54-28(58)6-2-4-10-50-34(47)48/h19-24H,7-18H2,1-6H3,(H,59,63)(H,60,64)(H,61,65)(H,62,66)(H4,45,46,53)(H4,47,48,54)(H4,49,50,55)(H4,51,52,56);13-18H,1-12,43-44H2,(H,53,57)(H,54,58)(H,55,59)(H,56,60)(H4,45,46,49)(H4,47,48,50). The number of aromatic nitrogens is 4. The summed E-state index contributed by atoms with van der Waals surface area (Å²) in [5.41, 5.74) is 74.0. The van der Waals surface area contributed by atoms with Crippen molar-refractivity contribution in [1.29, 1.82) is 0 Å². The van der Waals surface area contributed by atoms with Gasteiger partial charge in [0.2, 0.25) is 23.6 Å². The number of hydrogen-bond acceptors (Lipinski definition) is 24. The predicted octanol–water partition coefficient (Wildman–Crippen LogP) is 6.96. The Balaban J connectivity index is 0.000000462. The van der Waals surface area contributed by atoms with Crippen molar-refractivity contribution in [1.82, 2.24) is 19.9 Å². The monoisotopic (exact) mass is 1890 g/mol. The Morgan fingerprint density at radius 3 is 0.692 bits per heavy atom. The van der Waals surface area contributed by atoms with E-state index < -0.39 is 81.1 Å². The van der Waals surface area contributed by atoms with Gasteiger partial charge in [-0.3, -0.25) is 68.3 Å². The van der Waals surface area contributed by atoms with E-state index in [1.807, 2.05) is 65.8 Å². The molecule has 0 atom stereocenters. The molecule has 0 aliphatic heterocycles. The maximum absolute atomic E-state index is 14.2. The summed E-state index contributed by atoms with van der Waals surface area (Å²) >= 11 is 4.55. The van der Waals surface area contributed by atoms with E-state index in [2.05, 4.69) is 92.4 Å². The third kappa shape index (κ3) is 38.7. The minimum absolute atomic E-state index is 0.0161. The number of amides is 8. The van der Waals surface area contributed by atoms with Crippen molar-refractivity contribution in [3.63, 3.8) is 0 Å². The summed E-state index contributed by atoms with van der Waals surface area (Å²) in [4.78, 5) is 149. The molecule has 708 valence electrons. The zero-order chi connectivity index (χ0) is 96.6. The van der Waals surface area contributed by atoms with Gasteiger partial charge in [0.05, 0.1) is 89.3 Å². The van der Waals surface area contributed by atoms with Crippen LogP contribution < -0.4 is 123 Å². The highest BCUT2D eigenvalue weighted by atomic mass is 32.2. The van der Waals surface area contributed by atoms with Crippen molar-refractivity contribution >= 4 is 176 Å². The van der Waals surface area contributed by atoms with Crippen LogP contribution in [0, 0.1) is 0 Å². The number of unbranched alkanes of at least 4 members (excludes halogenated alkanes) is 4. The number of carbonyl (C=O) groups is 8. The molecule has 2 heterocycles. The largest absolute Gasteiger partial charge is 0.416 e. The molecule has 0 fully saturated rings. The van der Waals surface area contributed by atoms with Crippen LogP contribution in [0.5, 0.6) is 0 Å². The van der Waals surface area contributed by atoms with E-state index >= 15 is 0 Å². The summed E-state index contributed by atoms with van der Waals surface area (Å²) in [6, 6.07) is 12.3. The second-order valence-corrected chi connectivity index (χ2v) is 34.7. The predicted molar refractivity (Wildman–Crippen MR) is 504 cm³/mol. The molecule has 0 spiro atoms. The van der Waals surface area contributed by atoms with Crippen molar-refractivity contribution in [2.45, 2.75) is 161 Å². The molecule has 0 aliphatic carbocycles. The second-order valence-electron chi connectivity index (χ2n) is 30.3. The van der Waals surface area contributed by atoms with E-state index in [4.69, 9.17) is 80.3 Å². The van der Waals surface area contributed by atoms with E-state index in [-0.39, 0.29) is 168 Å². The molecule has 6 rings (SSSR count). The molecule has 50 heteroatoms. The van der Waals surface area contributed by atoms with E-state index in [1.54, 1.807) is 0 Å². The molecule has 0 bridgehead atoms. The van der Waals surface area contributed by atoms with Crippen molar-refractivity contribution in [3.8, 4) is 0 Å². The summed E-state index contributed by atoms with van der Waals surface area (Å²) < 4.78 is 84.7. The lowest BCUT2D eigenvalue weighted by atomic mass is 9.86. The van der Waals surface area contributed by atoms with Crippen LogP contribution in [0.1, 0.15) is 183 Å². The van der Waals surface area contributed by atoms with Crippen LogP contribution >= 0.6 is 47.0 Å². The fourth-order valence-electron chi connectivity index (χ4n) is 11.3. The van der Waals surface area contributed by atoms with Gasteiger partial charge >= 0.3 is 12.4 Å². The molecule has 8 amide bonds. The Morgan fingerprint density at radius 1 is 0.292 bits per heavy atom. The van der Waals surface area contributed by atoms with Crippen LogP contribution in [0.25, 0.3) is 0 Å². The van der Waals surface area contributed by atoms with E-state index in [0.717, 1.165) is 53.4 Å². The Morgan fingerprint density at radius 2 is 0.492 bits per heavy atom. The number of alkyl halides is 6. The Labute approximate surface area is 763 Å². The molecular formula is C80H114F6N32O8S4. The highest BCUT2D eigenvalue weighted by molar-refractivity contribution is 8.00. The molecule has 0 saturated carbocycles. The number of benzene rings is 4. The first-order chi connectivity index (χ1) is 61.2. The van der Waals surface area contributed by atoms with Gasteiger partial charge in [0.15, 0.2) is 35.8 Å². The number of aliphatic imine (C=N–C) groups is 6. The molecular weight excluding hydrogens is 1780 g/mol. The average Bonchev–Trinajstić information content (AvgIpc) is 0.805. The van der Waals surface area contributed by atoms with Gasteiger partial charge in [-0.25, -0.2) is 19.9 Å². The average molecular weight is 1890 g/mol. The number of guanidine groups is 6. The first-order valence-corrected chi connectivity index (χ1v) is 44.3. The fraction of sp³-hybridized carbons (Fsp3) is 0.425. The lowest BCUT2D eigenvalue weighted by Crippen LogP contribution is -2.23. The second kappa shape index (κ2) is 52.7. The summed E-state index contributed by atoms with van der Waals surface area (Å²) in [5.74, 6) is -4.65. The highest BCUT2D eigenvalue weighted by Gasteiger charge is 2.36. The van der Waals surface area contributed by atoms with Crippen LogP contribution in [0.2, 0.25) is 0 Å². The summed E-state index contributed by atoms with van der Waals surface area (Å²) in [7, 11) is 0. The van der Waals surface area contributed by atoms with Crippen molar-refractivity contribution in [2.24, 2.45) is 110 Å². The molecule has 36 N–H and O–H groups in total. The highest BCUT2D eigenvalue weighted by Crippen LogP contribution is 2.46. The molecule has 0 aliphatic rings. The maximum atomic E-state index is 14.2. The topological polar surface area (TPSA) is 723 Å². The van der Waals surface area contributed by atoms with Crippen molar-refractivity contribution < 1.29 is 64.7 Å². The van der Waals surface area contributed by atoms with Gasteiger partial charge in [-0.15, -0.1) is 47.0 Å². The molecule has 2 aromatic heterocycles. The van der Waals surface area contributed by atoms with Crippen molar-refractivity contribution in [3.05, 3.63) is 118 Å². The number of halogens is 6. The number of carbonyl (C=O) groups excluding carboxylic acids is 8. The number of nitrogens with two attached hydrogens (primary N) is 14. The van der Waals surface area contributed by atoms with Crippen LogP contribution in [-0.4, -0.2) is 178 Å².